The van der Waals surface area contributed by atoms with E-state index in [1.165, 1.54) is 0 Å². The van der Waals surface area contributed by atoms with Crippen LogP contribution >= 0.6 is 0 Å². The highest BCUT2D eigenvalue weighted by molar-refractivity contribution is 6.57. The molecule has 0 spiro atoms. The first-order chi connectivity index (χ1) is 7.47. The molecule has 0 aliphatic rings. The highest BCUT2D eigenvalue weighted by Crippen LogP contribution is 2.14. The van der Waals surface area contributed by atoms with Gasteiger partial charge in [0.05, 0.1) is 0 Å². The fourth-order valence-electron chi connectivity index (χ4n) is 1.27. The SMILES string of the molecule is CCC#CC(CC(C)C)OCC(C)[SiH](C)C. The van der Waals surface area contributed by atoms with Crippen molar-refractivity contribution in [1.29, 1.82) is 0 Å². The summed E-state index contributed by atoms with van der Waals surface area (Å²) in [6.45, 7) is 14.5. The third-order valence-electron chi connectivity index (χ3n) is 2.82. The molecule has 0 aliphatic heterocycles. The maximum Gasteiger partial charge on any atom is 0.118 e. The summed E-state index contributed by atoms with van der Waals surface area (Å²) in [6.07, 6.45) is 2.13. The molecule has 0 radical (unpaired) electrons. The summed E-state index contributed by atoms with van der Waals surface area (Å²) in [5.41, 5.74) is 0.748. The van der Waals surface area contributed by atoms with Crippen LogP contribution in [0.1, 0.15) is 40.5 Å². The zero-order valence-electron chi connectivity index (χ0n) is 11.8. The zero-order valence-corrected chi connectivity index (χ0v) is 13.0. The Balaban J connectivity index is 4.10. The Kier molecular flexibility index (Phi) is 8.69. The van der Waals surface area contributed by atoms with E-state index in [0.717, 1.165) is 25.0 Å². The average molecular weight is 240 g/mol. The van der Waals surface area contributed by atoms with Gasteiger partial charge in [0.15, 0.2) is 0 Å². The maximum atomic E-state index is 5.94. The van der Waals surface area contributed by atoms with E-state index < -0.39 is 8.80 Å². The molecule has 2 unspecified atom stereocenters. The molecule has 0 saturated heterocycles. The van der Waals surface area contributed by atoms with Gasteiger partial charge >= 0.3 is 0 Å². The third-order valence-corrected chi connectivity index (χ3v) is 5.29. The lowest BCUT2D eigenvalue weighted by Gasteiger charge is -2.19. The van der Waals surface area contributed by atoms with Crippen molar-refractivity contribution >= 4 is 8.80 Å². The number of rotatable bonds is 6. The highest BCUT2D eigenvalue weighted by Gasteiger charge is 2.13. The van der Waals surface area contributed by atoms with Crippen LogP contribution in [0.3, 0.4) is 0 Å². The smallest absolute Gasteiger partial charge is 0.118 e. The monoisotopic (exact) mass is 240 g/mol. The van der Waals surface area contributed by atoms with Crippen LogP contribution in [0.4, 0.5) is 0 Å². The van der Waals surface area contributed by atoms with Crippen LogP contribution in [0.5, 0.6) is 0 Å². The van der Waals surface area contributed by atoms with Gasteiger partial charge in [-0.3, -0.25) is 0 Å². The first kappa shape index (κ1) is 15.7. The van der Waals surface area contributed by atoms with Crippen LogP contribution in [0.25, 0.3) is 0 Å². The summed E-state index contributed by atoms with van der Waals surface area (Å²) in [7, 11) is -0.560. The summed E-state index contributed by atoms with van der Waals surface area (Å²) < 4.78 is 5.94. The predicted octanol–water partition coefficient (Wildman–Crippen LogP) is 3.71. The van der Waals surface area contributed by atoms with E-state index in [9.17, 15) is 0 Å². The topological polar surface area (TPSA) is 9.23 Å². The lowest BCUT2D eigenvalue weighted by atomic mass is 10.1. The van der Waals surface area contributed by atoms with Gasteiger partial charge in [-0.2, -0.15) is 0 Å². The molecule has 0 N–H and O–H groups in total. The quantitative estimate of drug-likeness (QED) is 0.508. The van der Waals surface area contributed by atoms with Gasteiger partial charge in [-0.05, 0) is 17.9 Å². The third kappa shape index (κ3) is 7.96. The van der Waals surface area contributed by atoms with E-state index in [1.54, 1.807) is 0 Å². The fourth-order valence-corrected chi connectivity index (χ4v) is 1.77. The molecule has 0 fully saturated rings. The summed E-state index contributed by atoms with van der Waals surface area (Å²) in [5, 5.41) is 0. The summed E-state index contributed by atoms with van der Waals surface area (Å²) >= 11 is 0. The molecule has 2 atom stereocenters. The molecule has 0 saturated carbocycles. The van der Waals surface area contributed by atoms with Crippen molar-refractivity contribution in [1.82, 2.24) is 0 Å². The van der Waals surface area contributed by atoms with Crippen LogP contribution in [0.15, 0.2) is 0 Å². The molecule has 0 heterocycles. The van der Waals surface area contributed by atoms with E-state index in [0.29, 0.717) is 5.92 Å². The van der Waals surface area contributed by atoms with Gasteiger partial charge in [-0.15, -0.1) is 5.92 Å². The Morgan fingerprint density at radius 2 is 1.81 bits per heavy atom. The van der Waals surface area contributed by atoms with Gasteiger partial charge in [0, 0.05) is 21.8 Å². The minimum Gasteiger partial charge on any atom is -0.366 e. The first-order valence-corrected chi connectivity index (χ1v) is 9.54. The molecular weight excluding hydrogens is 212 g/mol. The lowest BCUT2D eigenvalue weighted by Crippen LogP contribution is -2.20. The van der Waals surface area contributed by atoms with E-state index in [4.69, 9.17) is 4.74 Å². The predicted molar refractivity (Wildman–Crippen MR) is 75.6 cm³/mol. The number of hydrogen-bond acceptors (Lipinski definition) is 1. The van der Waals surface area contributed by atoms with Gasteiger partial charge in [-0.25, -0.2) is 0 Å². The van der Waals surface area contributed by atoms with Crippen molar-refractivity contribution in [3.05, 3.63) is 0 Å². The largest absolute Gasteiger partial charge is 0.366 e. The average Bonchev–Trinajstić information content (AvgIpc) is 2.20. The Morgan fingerprint density at radius 3 is 2.25 bits per heavy atom. The minimum atomic E-state index is -0.560. The van der Waals surface area contributed by atoms with Crippen molar-refractivity contribution in [3.8, 4) is 11.8 Å². The van der Waals surface area contributed by atoms with Crippen LogP contribution in [0.2, 0.25) is 18.6 Å². The Hall–Kier alpha value is -0.263. The van der Waals surface area contributed by atoms with Crippen molar-refractivity contribution in [2.24, 2.45) is 5.92 Å². The van der Waals surface area contributed by atoms with Gasteiger partial charge in [0.1, 0.15) is 6.10 Å². The van der Waals surface area contributed by atoms with Gasteiger partial charge < -0.3 is 4.74 Å². The van der Waals surface area contributed by atoms with Gasteiger partial charge in [0.25, 0.3) is 0 Å². The number of hydrogen-bond donors (Lipinski definition) is 0. The highest BCUT2D eigenvalue weighted by atomic mass is 28.3. The Bertz CT molecular complexity index is 225. The van der Waals surface area contributed by atoms with E-state index in [1.807, 2.05) is 0 Å². The maximum absolute atomic E-state index is 5.94. The molecular formula is C14H28OSi. The molecule has 0 rings (SSSR count). The molecule has 0 bridgehead atoms. The second kappa shape index (κ2) is 8.84. The first-order valence-electron chi connectivity index (χ1n) is 6.57. The molecule has 94 valence electrons. The standard InChI is InChI=1S/C14H28OSi/c1-7-8-9-14(10-12(2)3)15-11-13(4)16(5)6/h12-14,16H,7,10-11H2,1-6H3. The second-order valence-electron chi connectivity index (χ2n) is 5.35. The Morgan fingerprint density at radius 1 is 1.19 bits per heavy atom. The van der Waals surface area contributed by atoms with Crippen LogP contribution in [-0.4, -0.2) is 21.5 Å². The van der Waals surface area contributed by atoms with Crippen LogP contribution in [0, 0.1) is 17.8 Å². The van der Waals surface area contributed by atoms with E-state index in [-0.39, 0.29) is 6.10 Å². The molecule has 0 amide bonds. The van der Waals surface area contributed by atoms with E-state index in [2.05, 4.69) is 52.6 Å². The van der Waals surface area contributed by atoms with Gasteiger partial charge in [0.2, 0.25) is 0 Å². The molecule has 16 heavy (non-hydrogen) atoms. The normalized spacial score (nSPS) is 14.8. The molecule has 0 aromatic rings. The van der Waals surface area contributed by atoms with Crippen molar-refractivity contribution in [2.75, 3.05) is 6.61 Å². The number of ether oxygens (including phenoxy) is 1. The van der Waals surface area contributed by atoms with Crippen molar-refractivity contribution in [3.63, 3.8) is 0 Å². The summed E-state index contributed by atoms with van der Waals surface area (Å²) in [5.74, 6) is 7.04. The summed E-state index contributed by atoms with van der Waals surface area (Å²) in [6, 6.07) is 0. The molecule has 0 aromatic heterocycles. The fraction of sp³-hybridized carbons (Fsp3) is 0.857. The lowest BCUT2D eigenvalue weighted by molar-refractivity contribution is 0.0774. The van der Waals surface area contributed by atoms with E-state index >= 15 is 0 Å². The molecule has 0 aromatic carbocycles. The molecule has 0 aliphatic carbocycles. The van der Waals surface area contributed by atoms with Crippen LogP contribution < -0.4 is 0 Å². The molecule has 2 heteroatoms. The second-order valence-corrected chi connectivity index (χ2v) is 8.97. The Labute approximate surface area is 104 Å². The van der Waals surface area contributed by atoms with Crippen molar-refractivity contribution in [2.45, 2.75) is 65.3 Å². The summed E-state index contributed by atoms with van der Waals surface area (Å²) in [4.78, 5) is 0. The minimum absolute atomic E-state index is 0.148. The van der Waals surface area contributed by atoms with Crippen LogP contribution in [-0.2, 0) is 4.74 Å². The molecule has 1 nitrogen and oxygen atoms in total. The van der Waals surface area contributed by atoms with Crippen molar-refractivity contribution < 1.29 is 4.74 Å². The zero-order chi connectivity index (χ0) is 12.6. The van der Waals surface area contributed by atoms with Gasteiger partial charge in [-0.1, -0.05) is 46.7 Å².